The lowest BCUT2D eigenvalue weighted by Gasteiger charge is -2.24. The summed E-state index contributed by atoms with van der Waals surface area (Å²) in [5.41, 5.74) is 0. The van der Waals surface area contributed by atoms with Crippen molar-refractivity contribution >= 4 is 5.91 Å². The SMILES string of the molecule is CCCN1CCCC1C(=O)NCC1CNCC1O. The fraction of sp³-hybridized carbons (Fsp3) is 0.923. The zero-order valence-corrected chi connectivity index (χ0v) is 11.2. The highest BCUT2D eigenvalue weighted by atomic mass is 16.3. The van der Waals surface area contributed by atoms with Crippen LogP contribution in [-0.2, 0) is 4.79 Å². The Morgan fingerprint density at radius 3 is 3.00 bits per heavy atom. The minimum absolute atomic E-state index is 0.0523. The van der Waals surface area contributed by atoms with E-state index in [1.807, 2.05) is 0 Å². The highest BCUT2D eigenvalue weighted by Crippen LogP contribution is 2.17. The third-order valence-electron chi connectivity index (χ3n) is 4.02. The molecule has 2 saturated heterocycles. The Hall–Kier alpha value is -0.650. The molecule has 1 amide bonds. The zero-order valence-electron chi connectivity index (χ0n) is 11.2. The number of aliphatic hydroxyl groups is 1. The summed E-state index contributed by atoms with van der Waals surface area (Å²) >= 11 is 0. The van der Waals surface area contributed by atoms with Crippen molar-refractivity contribution in [3.05, 3.63) is 0 Å². The van der Waals surface area contributed by atoms with Crippen LogP contribution in [0.1, 0.15) is 26.2 Å². The van der Waals surface area contributed by atoms with Gasteiger partial charge in [-0.25, -0.2) is 0 Å². The molecule has 2 aliphatic rings. The van der Waals surface area contributed by atoms with Gasteiger partial charge in [0.2, 0.25) is 5.91 Å². The summed E-state index contributed by atoms with van der Waals surface area (Å²) in [6, 6.07) is 0.0523. The van der Waals surface area contributed by atoms with Gasteiger partial charge in [0.05, 0.1) is 12.1 Å². The van der Waals surface area contributed by atoms with Gasteiger partial charge in [-0.05, 0) is 32.4 Å². The van der Waals surface area contributed by atoms with Crippen LogP contribution in [0, 0.1) is 5.92 Å². The van der Waals surface area contributed by atoms with E-state index in [9.17, 15) is 9.90 Å². The van der Waals surface area contributed by atoms with Gasteiger partial charge in [0, 0.05) is 25.6 Å². The molecule has 2 fully saturated rings. The van der Waals surface area contributed by atoms with Crippen molar-refractivity contribution < 1.29 is 9.90 Å². The van der Waals surface area contributed by atoms with Crippen LogP contribution in [0.4, 0.5) is 0 Å². The highest BCUT2D eigenvalue weighted by Gasteiger charge is 2.31. The first kappa shape index (κ1) is 13.8. The molecule has 5 nitrogen and oxygen atoms in total. The first-order valence-corrected chi connectivity index (χ1v) is 7.13. The van der Waals surface area contributed by atoms with Crippen LogP contribution in [-0.4, -0.2) is 60.8 Å². The number of carbonyl (C=O) groups is 1. The van der Waals surface area contributed by atoms with Gasteiger partial charge in [0.15, 0.2) is 0 Å². The standard InChI is InChI=1S/C13H25N3O2/c1-2-5-16-6-3-4-11(16)13(18)15-8-10-7-14-9-12(10)17/h10-12,14,17H,2-9H2,1H3,(H,15,18). The third-order valence-corrected chi connectivity index (χ3v) is 4.02. The van der Waals surface area contributed by atoms with Crippen LogP contribution in [0.2, 0.25) is 0 Å². The van der Waals surface area contributed by atoms with Gasteiger partial charge < -0.3 is 15.7 Å². The van der Waals surface area contributed by atoms with Crippen LogP contribution in [0.3, 0.4) is 0 Å². The average molecular weight is 255 g/mol. The zero-order chi connectivity index (χ0) is 13.0. The van der Waals surface area contributed by atoms with Gasteiger partial charge in [-0.2, -0.15) is 0 Å². The smallest absolute Gasteiger partial charge is 0.237 e. The second kappa shape index (κ2) is 6.50. The van der Waals surface area contributed by atoms with E-state index in [4.69, 9.17) is 0 Å². The molecule has 3 atom stereocenters. The van der Waals surface area contributed by atoms with Crippen molar-refractivity contribution in [2.75, 3.05) is 32.7 Å². The number of amides is 1. The van der Waals surface area contributed by atoms with Gasteiger partial charge in [0.1, 0.15) is 0 Å². The van der Waals surface area contributed by atoms with E-state index in [1.165, 1.54) is 0 Å². The van der Waals surface area contributed by atoms with E-state index in [0.29, 0.717) is 13.1 Å². The predicted molar refractivity (Wildman–Crippen MR) is 70.3 cm³/mol. The molecule has 0 aliphatic carbocycles. The average Bonchev–Trinajstić information content (AvgIpc) is 2.96. The molecule has 3 N–H and O–H groups in total. The molecule has 0 aromatic rings. The number of likely N-dealkylation sites (tertiary alicyclic amines) is 1. The Labute approximate surface area is 109 Å². The third kappa shape index (κ3) is 3.22. The number of nitrogens with zero attached hydrogens (tertiary/aromatic N) is 1. The van der Waals surface area contributed by atoms with Crippen LogP contribution in [0.5, 0.6) is 0 Å². The van der Waals surface area contributed by atoms with E-state index >= 15 is 0 Å². The molecule has 0 aromatic heterocycles. The van der Waals surface area contributed by atoms with E-state index in [-0.39, 0.29) is 24.0 Å². The maximum atomic E-state index is 12.1. The van der Waals surface area contributed by atoms with Gasteiger partial charge in [0.25, 0.3) is 0 Å². The molecule has 0 saturated carbocycles. The molecule has 104 valence electrons. The quantitative estimate of drug-likeness (QED) is 0.623. The Balaban J connectivity index is 1.76. The van der Waals surface area contributed by atoms with E-state index < -0.39 is 0 Å². The monoisotopic (exact) mass is 255 g/mol. The lowest BCUT2D eigenvalue weighted by Crippen LogP contribution is -2.45. The summed E-state index contributed by atoms with van der Waals surface area (Å²) in [7, 11) is 0. The summed E-state index contributed by atoms with van der Waals surface area (Å²) in [5, 5.41) is 15.8. The first-order valence-electron chi connectivity index (χ1n) is 7.13. The molecule has 3 unspecified atom stereocenters. The van der Waals surface area contributed by atoms with Gasteiger partial charge in [-0.3, -0.25) is 9.69 Å². The minimum Gasteiger partial charge on any atom is -0.391 e. The van der Waals surface area contributed by atoms with Crippen molar-refractivity contribution in [1.29, 1.82) is 0 Å². The van der Waals surface area contributed by atoms with Crippen molar-refractivity contribution in [1.82, 2.24) is 15.5 Å². The predicted octanol–water partition coefficient (Wildman–Crippen LogP) is -0.443. The Bertz CT molecular complexity index is 285. The maximum Gasteiger partial charge on any atom is 0.237 e. The second-order valence-corrected chi connectivity index (χ2v) is 5.42. The Kier molecular flexibility index (Phi) is 4.97. The first-order chi connectivity index (χ1) is 8.72. The molecule has 2 heterocycles. The number of β-amino-alcohol motifs (C(OH)–C–C–N with tert-alkyl or cyclic N) is 1. The molecule has 5 heteroatoms. The summed E-state index contributed by atoms with van der Waals surface area (Å²) in [6.07, 6.45) is 2.86. The lowest BCUT2D eigenvalue weighted by atomic mass is 10.1. The molecule has 0 bridgehead atoms. The van der Waals surface area contributed by atoms with Crippen molar-refractivity contribution in [3.63, 3.8) is 0 Å². The Morgan fingerprint density at radius 1 is 1.50 bits per heavy atom. The van der Waals surface area contributed by atoms with Crippen LogP contribution >= 0.6 is 0 Å². The summed E-state index contributed by atoms with van der Waals surface area (Å²) in [5.74, 6) is 0.301. The molecule has 0 spiro atoms. The highest BCUT2D eigenvalue weighted by molar-refractivity contribution is 5.82. The summed E-state index contributed by atoms with van der Waals surface area (Å²) in [4.78, 5) is 14.4. The molecule has 18 heavy (non-hydrogen) atoms. The molecule has 0 aromatic carbocycles. The van der Waals surface area contributed by atoms with Crippen LogP contribution < -0.4 is 10.6 Å². The molecule has 0 radical (unpaired) electrons. The molecule has 2 rings (SSSR count). The second-order valence-electron chi connectivity index (χ2n) is 5.42. The number of nitrogens with one attached hydrogen (secondary N) is 2. The van der Waals surface area contributed by atoms with Crippen molar-refractivity contribution in [2.24, 2.45) is 5.92 Å². The van der Waals surface area contributed by atoms with Crippen LogP contribution in [0.15, 0.2) is 0 Å². The fourth-order valence-corrected chi connectivity index (χ4v) is 2.95. The van der Waals surface area contributed by atoms with E-state index in [1.54, 1.807) is 0 Å². The number of carbonyl (C=O) groups excluding carboxylic acids is 1. The number of aliphatic hydroxyl groups excluding tert-OH is 1. The Morgan fingerprint density at radius 2 is 2.33 bits per heavy atom. The lowest BCUT2D eigenvalue weighted by molar-refractivity contribution is -0.125. The summed E-state index contributed by atoms with van der Waals surface area (Å²) in [6.45, 7) is 6.22. The number of rotatable bonds is 5. The molecule has 2 aliphatic heterocycles. The van der Waals surface area contributed by atoms with Crippen molar-refractivity contribution in [3.8, 4) is 0 Å². The van der Waals surface area contributed by atoms with Crippen LogP contribution in [0.25, 0.3) is 0 Å². The summed E-state index contributed by atoms with van der Waals surface area (Å²) < 4.78 is 0. The topological polar surface area (TPSA) is 64.6 Å². The normalized spacial score (nSPS) is 32.9. The number of hydrogen-bond acceptors (Lipinski definition) is 4. The minimum atomic E-state index is -0.319. The van der Waals surface area contributed by atoms with E-state index in [2.05, 4.69) is 22.5 Å². The van der Waals surface area contributed by atoms with Gasteiger partial charge in [-0.1, -0.05) is 6.92 Å². The van der Waals surface area contributed by atoms with Gasteiger partial charge in [-0.15, -0.1) is 0 Å². The maximum absolute atomic E-state index is 12.1. The van der Waals surface area contributed by atoms with E-state index in [0.717, 1.165) is 38.9 Å². The van der Waals surface area contributed by atoms with Crippen molar-refractivity contribution in [2.45, 2.75) is 38.3 Å². The largest absolute Gasteiger partial charge is 0.391 e. The number of hydrogen-bond donors (Lipinski definition) is 3. The van der Waals surface area contributed by atoms with Gasteiger partial charge >= 0.3 is 0 Å². The molecular weight excluding hydrogens is 230 g/mol. The molecular formula is C13H25N3O2. The fourth-order valence-electron chi connectivity index (χ4n) is 2.95.